The first-order valence-corrected chi connectivity index (χ1v) is 14.3. The third kappa shape index (κ3) is 4.89. The summed E-state index contributed by atoms with van der Waals surface area (Å²) in [6.07, 6.45) is 3.58. The number of rotatable bonds is 7. The van der Waals surface area contributed by atoms with Crippen molar-refractivity contribution in [2.24, 2.45) is 0 Å². The van der Waals surface area contributed by atoms with Crippen LogP contribution in [-0.2, 0) is 10.0 Å². The van der Waals surface area contributed by atoms with E-state index in [9.17, 15) is 22.4 Å². The predicted molar refractivity (Wildman–Crippen MR) is 150 cm³/mol. The number of pyridine rings is 1. The maximum Gasteiger partial charge on any atom is 0.267 e. The van der Waals surface area contributed by atoms with E-state index in [2.05, 4.69) is 14.8 Å². The van der Waals surface area contributed by atoms with Gasteiger partial charge in [0.05, 0.1) is 28.6 Å². The number of hydrogen-bond acceptors (Lipinski definition) is 7. The standard InChI is InChI=1S/C29H22FN5O5S/c1-17(23-16-20(33-41(2,38)39)9-11-25(23)34-13-5-12-31-34)40-26-15-18-14-19(30)8-10-24(18)32-27(26)35-28(36)21-6-3-4-7-22(21)29(35)37/h3-17,33H,1-2H3. The molecule has 1 unspecified atom stereocenters. The second kappa shape index (κ2) is 9.82. The zero-order chi connectivity index (χ0) is 28.9. The SMILES string of the molecule is CC(Oc1cc2cc(F)ccc2nc1N1C(=O)c2ccccc2C1=O)c1cc(NS(C)(=O)=O)ccc1-n1cccn1. The summed E-state index contributed by atoms with van der Waals surface area (Å²) >= 11 is 0. The minimum absolute atomic E-state index is 0.0480. The summed E-state index contributed by atoms with van der Waals surface area (Å²) in [5.41, 5.74) is 2.26. The number of hydrogen-bond donors (Lipinski definition) is 1. The van der Waals surface area contributed by atoms with Gasteiger partial charge in [-0.1, -0.05) is 12.1 Å². The number of carbonyl (C=O) groups is 2. The Morgan fingerprint density at radius 3 is 2.34 bits per heavy atom. The topological polar surface area (TPSA) is 123 Å². The molecule has 0 bridgehead atoms. The van der Waals surface area contributed by atoms with Gasteiger partial charge in [0.1, 0.15) is 11.9 Å². The minimum atomic E-state index is -3.57. The van der Waals surface area contributed by atoms with Gasteiger partial charge in [-0.05, 0) is 67.6 Å². The van der Waals surface area contributed by atoms with Crippen molar-refractivity contribution in [1.29, 1.82) is 0 Å². The third-order valence-corrected chi connectivity index (χ3v) is 7.16. The number of imide groups is 1. The lowest BCUT2D eigenvalue weighted by Crippen LogP contribution is -2.31. The molecule has 0 saturated carbocycles. The number of nitrogens with zero attached hydrogens (tertiary/aromatic N) is 4. The highest BCUT2D eigenvalue weighted by Gasteiger charge is 2.39. The van der Waals surface area contributed by atoms with Crippen LogP contribution in [-0.4, -0.2) is 41.3 Å². The van der Waals surface area contributed by atoms with E-state index < -0.39 is 33.8 Å². The molecule has 1 N–H and O–H groups in total. The molecule has 5 aromatic rings. The molecule has 0 saturated heterocycles. The van der Waals surface area contributed by atoms with Gasteiger partial charge in [-0.25, -0.2) is 27.4 Å². The summed E-state index contributed by atoms with van der Waals surface area (Å²) < 4.78 is 48.4. The second-order valence-corrected chi connectivity index (χ2v) is 11.2. The van der Waals surface area contributed by atoms with Crippen LogP contribution in [0.25, 0.3) is 16.6 Å². The number of sulfonamides is 1. The van der Waals surface area contributed by atoms with Gasteiger partial charge >= 0.3 is 0 Å². The summed E-state index contributed by atoms with van der Waals surface area (Å²) in [7, 11) is -3.57. The molecule has 3 aromatic carbocycles. The van der Waals surface area contributed by atoms with E-state index in [4.69, 9.17) is 4.74 Å². The van der Waals surface area contributed by atoms with Crippen LogP contribution >= 0.6 is 0 Å². The van der Waals surface area contributed by atoms with E-state index >= 15 is 0 Å². The molecular formula is C29H22FN5O5S. The van der Waals surface area contributed by atoms with E-state index in [1.54, 1.807) is 72.5 Å². The molecule has 1 aliphatic heterocycles. The highest BCUT2D eigenvalue weighted by atomic mass is 32.2. The maximum absolute atomic E-state index is 14.1. The number of amides is 2. The Kier molecular flexibility index (Phi) is 6.26. The highest BCUT2D eigenvalue weighted by Crippen LogP contribution is 2.39. The van der Waals surface area contributed by atoms with Crippen LogP contribution in [0.4, 0.5) is 15.9 Å². The van der Waals surface area contributed by atoms with Crippen molar-refractivity contribution in [3.05, 3.63) is 108 Å². The Hall–Kier alpha value is -5.10. The zero-order valence-corrected chi connectivity index (χ0v) is 22.6. The first-order valence-electron chi connectivity index (χ1n) is 12.5. The van der Waals surface area contributed by atoms with Crippen LogP contribution in [0.1, 0.15) is 39.3 Å². The fraction of sp³-hybridized carbons (Fsp3) is 0.103. The van der Waals surface area contributed by atoms with Crippen molar-refractivity contribution in [2.45, 2.75) is 13.0 Å². The average Bonchev–Trinajstić information content (AvgIpc) is 3.55. The molecule has 0 fully saturated rings. The van der Waals surface area contributed by atoms with E-state index in [0.717, 1.165) is 11.2 Å². The Labute approximate surface area is 234 Å². The number of carbonyl (C=O) groups excluding carboxylic acids is 2. The number of benzene rings is 3. The summed E-state index contributed by atoms with van der Waals surface area (Å²) in [5.74, 6) is -1.61. The molecule has 2 amide bonds. The quantitative estimate of drug-likeness (QED) is 0.277. The van der Waals surface area contributed by atoms with Gasteiger partial charge in [-0.3, -0.25) is 14.3 Å². The van der Waals surface area contributed by atoms with Crippen LogP contribution < -0.4 is 14.4 Å². The lowest BCUT2D eigenvalue weighted by Gasteiger charge is -2.23. The maximum atomic E-state index is 14.1. The molecule has 0 spiro atoms. The fourth-order valence-corrected chi connectivity index (χ4v) is 5.33. The molecule has 206 valence electrons. The lowest BCUT2D eigenvalue weighted by molar-refractivity contribution is 0.0922. The van der Waals surface area contributed by atoms with E-state index in [1.165, 1.54) is 24.3 Å². The third-order valence-electron chi connectivity index (χ3n) is 6.55. The monoisotopic (exact) mass is 571 g/mol. The first-order chi connectivity index (χ1) is 19.6. The van der Waals surface area contributed by atoms with Crippen LogP contribution in [0.15, 0.2) is 85.2 Å². The summed E-state index contributed by atoms with van der Waals surface area (Å²) in [6.45, 7) is 1.72. The second-order valence-electron chi connectivity index (χ2n) is 9.50. The summed E-state index contributed by atoms with van der Waals surface area (Å²) in [5, 5.41) is 4.68. The number of aromatic nitrogens is 3. The smallest absolute Gasteiger partial charge is 0.267 e. The highest BCUT2D eigenvalue weighted by molar-refractivity contribution is 7.92. The van der Waals surface area contributed by atoms with Crippen LogP contribution in [0, 0.1) is 5.82 Å². The van der Waals surface area contributed by atoms with Crippen molar-refractivity contribution in [3.8, 4) is 11.4 Å². The van der Waals surface area contributed by atoms with Crippen LogP contribution in [0.2, 0.25) is 0 Å². The Morgan fingerprint density at radius 1 is 0.951 bits per heavy atom. The van der Waals surface area contributed by atoms with Crippen molar-refractivity contribution < 1.29 is 27.1 Å². The average molecular weight is 572 g/mol. The number of anilines is 2. The van der Waals surface area contributed by atoms with E-state index in [1.807, 2.05) is 0 Å². The molecular weight excluding hydrogens is 549 g/mol. The van der Waals surface area contributed by atoms with Gasteiger partial charge in [0.25, 0.3) is 11.8 Å². The normalized spacial score (nSPS) is 13.9. The van der Waals surface area contributed by atoms with Gasteiger partial charge in [0, 0.05) is 29.0 Å². The number of ether oxygens (including phenoxy) is 1. The Bertz CT molecular complexity index is 1930. The predicted octanol–water partition coefficient (Wildman–Crippen LogP) is 4.87. The minimum Gasteiger partial charge on any atom is -0.482 e. The molecule has 41 heavy (non-hydrogen) atoms. The van der Waals surface area contributed by atoms with Crippen LogP contribution in [0.3, 0.4) is 0 Å². The van der Waals surface area contributed by atoms with Gasteiger partial charge in [-0.15, -0.1) is 0 Å². The molecule has 0 radical (unpaired) electrons. The van der Waals surface area contributed by atoms with Crippen LogP contribution in [0.5, 0.6) is 5.75 Å². The van der Waals surface area contributed by atoms with Crippen molar-refractivity contribution in [2.75, 3.05) is 15.9 Å². The fourth-order valence-electron chi connectivity index (χ4n) is 4.78. The van der Waals surface area contributed by atoms with E-state index in [0.29, 0.717) is 27.8 Å². The van der Waals surface area contributed by atoms with Gasteiger partial charge in [-0.2, -0.15) is 5.10 Å². The summed E-state index contributed by atoms with van der Waals surface area (Å²) in [6, 6.07) is 18.6. The lowest BCUT2D eigenvalue weighted by atomic mass is 10.1. The number of fused-ring (bicyclic) bond motifs is 2. The van der Waals surface area contributed by atoms with Crippen molar-refractivity contribution in [1.82, 2.24) is 14.8 Å². The van der Waals surface area contributed by atoms with E-state index in [-0.39, 0.29) is 22.7 Å². The summed E-state index contributed by atoms with van der Waals surface area (Å²) in [4.78, 5) is 32.2. The Morgan fingerprint density at radius 2 is 1.68 bits per heavy atom. The Balaban J connectivity index is 1.48. The largest absolute Gasteiger partial charge is 0.482 e. The molecule has 3 heterocycles. The van der Waals surface area contributed by atoms with Gasteiger partial charge < -0.3 is 4.74 Å². The number of nitrogens with one attached hydrogen (secondary N) is 1. The molecule has 6 rings (SSSR count). The molecule has 0 aliphatic carbocycles. The molecule has 1 atom stereocenters. The van der Waals surface area contributed by atoms with Gasteiger partial charge in [0.2, 0.25) is 10.0 Å². The number of halogens is 1. The molecule has 2 aromatic heterocycles. The molecule has 10 nitrogen and oxygen atoms in total. The zero-order valence-electron chi connectivity index (χ0n) is 21.8. The van der Waals surface area contributed by atoms with Gasteiger partial charge in [0.15, 0.2) is 11.6 Å². The molecule has 1 aliphatic rings. The van der Waals surface area contributed by atoms with Crippen molar-refractivity contribution >= 4 is 44.2 Å². The molecule has 12 heteroatoms. The first kappa shape index (κ1) is 26.1. The van der Waals surface area contributed by atoms with Crippen molar-refractivity contribution in [3.63, 3.8) is 0 Å².